The second kappa shape index (κ2) is 11.5. The Balaban J connectivity index is 1.76. The lowest BCUT2D eigenvalue weighted by Gasteiger charge is -2.26. The predicted molar refractivity (Wildman–Crippen MR) is 152 cm³/mol. The molecule has 9 heteroatoms. The first kappa shape index (κ1) is 26.8. The number of hydrogen-bond acceptors (Lipinski definition) is 8. The number of carbonyl (C=O) groups excluding carboxylic acids is 2. The van der Waals surface area contributed by atoms with E-state index in [2.05, 4.69) is 0 Å². The third kappa shape index (κ3) is 5.37. The third-order valence-electron chi connectivity index (χ3n) is 6.22. The minimum absolute atomic E-state index is 0.170. The van der Waals surface area contributed by atoms with Gasteiger partial charge in [-0.2, -0.15) is 0 Å². The fourth-order valence-electron chi connectivity index (χ4n) is 4.52. The standard InChI is InChI=1S/C31H26N2O6S/c1-4-38-30(36)26-27(21-9-6-5-7-10-21)32-31-33(28(26)22-11-8-12-24(18-22)37-3)29(35)25(40-31)17-20-13-15-23(16-14-20)39-19(2)34/h5-18,28H,4H2,1-3H3/b25-17-/t28-/m0/s1. The average molecular weight is 555 g/mol. The Morgan fingerprint density at radius 2 is 1.75 bits per heavy atom. The molecule has 0 radical (unpaired) electrons. The van der Waals surface area contributed by atoms with Gasteiger partial charge in [0.05, 0.1) is 35.6 Å². The number of aromatic nitrogens is 1. The normalized spacial score (nSPS) is 14.8. The van der Waals surface area contributed by atoms with Crippen molar-refractivity contribution in [2.45, 2.75) is 19.9 Å². The van der Waals surface area contributed by atoms with Gasteiger partial charge in [0.25, 0.3) is 5.56 Å². The fourth-order valence-corrected chi connectivity index (χ4v) is 5.52. The van der Waals surface area contributed by atoms with Gasteiger partial charge < -0.3 is 14.2 Å². The van der Waals surface area contributed by atoms with Crippen LogP contribution in [0.4, 0.5) is 0 Å². The SMILES string of the molecule is CCOC(=O)C1=C(c2ccccc2)N=c2s/c(=C\c3ccc(OC(C)=O)cc3)c(=O)n2[C@H]1c1cccc(OC)c1. The summed E-state index contributed by atoms with van der Waals surface area (Å²) in [4.78, 5) is 44.0. The Hall–Kier alpha value is -4.76. The zero-order valence-electron chi connectivity index (χ0n) is 22.1. The van der Waals surface area contributed by atoms with E-state index in [0.717, 1.165) is 11.1 Å². The number of benzene rings is 3. The van der Waals surface area contributed by atoms with Gasteiger partial charge in [0.1, 0.15) is 11.5 Å². The van der Waals surface area contributed by atoms with Crippen LogP contribution in [0.2, 0.25) is 0 Å². The summed E-state index contributed by atoms with van der Waals surface area (Å²) in [6, 6.07) is 22.7. The van der Waals surface area contributed by atoms with Crippen LogP contribution in [0.25, 0.3) is 11.8 Å². The maximum atomic E-state index is 13.9. The summed E-state index contributed by atoms with van der Waals surface area (Å²) in [5, 5.41) is 0. The smallest absolute Gasteiger partial charge is 0.338 e. The highest BCUT2D eigenvalue weighted by molar-refractivity contribution is 7.07. The Kier molecular flexibility index (Phi) is 7.75. The molecule has 0 aliphatic carbocycles. The summed E-state index contributed by atoms with van der Waals surface area (Å²) in [5.41, 5.74) is 2.58. The molecule has 0 fully saturated rings. The topological polar surface area (TPSA) is 96.2 Å². The van der Waals surface area contributed by atoms with Crippen LogP contribution in [0, 0.1) is 0 Å². The van der Waals surface area contributed by atoms with Gasteiger partial charge in [-0.05, 0) is 48.4 Å². The molecule has 0 unspecified atom stereocenters. The van der Waals surface area contributed by atoms with E-state index >= 15 is 0 Å². The monoisotopic (exact) mass is 554 g/mol. The first-order valence-electron chi connectivity index (χ1n) is 12.6. The van der Waals surface area contributed by atoms with Gasteiger partial charge in [-0.3, -0.25) is 14.2 Å². The highest BCUT2D eigenvalue weighted by Gasteiger charge is 2.35. The first-order valence-corrected chi connectivity index (χ1v) is 13.4. The maximum absolute atomic E-state index is 13.9. The van der Waals surface area contributed by atoms with Crippen molar-refractivity contribution in [3.05, 3.63) is 121 Å². The van der Waals surface area contributed by atoms with Gasteiger partial charge in [0.2, 0.25) is 0 Å². The molecule has 1 aromatic heterocycles. The van der Waals surface area contributed by atoms with Crippen molar-refractivity contribution in [2.24, 2.45) is 4.99 Å². The van der Waals surface area contributed by atoms with E-state index in [9.17, 15) is 14.4 Å². The molecular weight excluding hydrogens is 528 g/mol. The van der Waals surface area contributed by atoms with E-state index in [-0.39, 0.29) is 17.7 Å². The second-order valence-electron chi connectivity index (χ2n) is 8.87. The summed E-state index contributed by atoms with van der Waals surface area (Å²) in [6.45, 7) is 3.24. The quantitative estimate of drug-likeness (QED) is 0.254. The lowest BCUT2D eigenvalue weighted by atomic mass is 9.93. The summed E-state index contributed by atoms with van der Waals surface area (Å²) in [5.74, 6) is 0.0446. The second-order valence-corrected chi connectivity index (χ2v) is 9.88. The molecule has 40 heavy (non-hydrogen) atoms. The summed E-state index contributed by atoms with van der Waals surface area (Å²) in [6.07, 6.45) is 1.75. The predicted octanol–water partition coefficient (Wildman–Crippen LogP) is 3.87. The number of thiazole rings is 1. The van der Waals surface area contributed by atoms with E-state index in [0.29, 0.717) is 32.1 Å². The molecule has 0 spiro atoms. The van der Waals surface area contributed by atoms with E-state index in [1.54, 1.807) is 50.4 Å². The largest absolute Gasteiger partial charge is 0.497 e. The van der Waals surface area contributed by atoms with Gasteiger partial charge >= 0.3 is 11.9 Å². The minimum atomic E-state index is -0.797. The highest BCUT2D eigenvalue weighted by Crippen LogP contribution is 2.36. The third-order valence-corrected chi connectivity index (χ3v) is 7.21. The van der Waals surface area contributed by atoms with Crippen LogP contribution < -0.4 is 24.4 Å². The molecule has 0 amide bonds. The molecule has 8 nitrogen and oxygen atoms in total. The van der Waals surface area contributed by atoms with E-state index < -0.39 is 18.0 Å². The van der Waals surface area contributed by atoms with Crippen LogP contribution in [0.15, 0.2) is 94.2 Å². The first-order chi connectivity index (χ1) is 19.4. The van der Waals surface area contributed by atoms with Crippen molar-refractivity contribution in [3.63, 3.8) is 0 Å². The molecule has 4 aromatic rings. The van der Waals surface area contributed by atoms with Crippen LogP contribution in [0.5, 0.6) is 11.5 Å². The van der Waals surface area contributed by atoms with Gasteiger partial charge in [0.15, 0.2) is 4.80 Å². The molecule has 1 aliphatic rings. The van der Waals surface area contributed by atoms with Crippen LogP contribution in [-0.2, 0) is 14.3 Å². The van der Waals surface area contributed by atoms with Crippen molar-refractivity contribution in [1.82, 2.24) is 4.57 Å². The van der Waals surface area contributed by atoms with Gasteiger partial charge in [-0.1, -0.05) is 65.9 Å². The number of esters is 2. The van der Waals surface area contributed by atoms with Crippen molar-refractivity contribution in [1.29, 1.82) is 0 Å². The molecule has 0 N–H and O–H groups in total. The maximum Gasteiger partial charge on any atom is 0.338 e. The molecule has 0 bridgehead atoms. The number of rotatable bonds is 7. The molecule has 1 atom stereocenters. The van der Waals surface area contributed by atoms with Crippen LogP contribution in [0.3, 0.4) is 0 Å². The zero-order chi connectivity index (χ0) is 28.2. The number of hydrogen-bond donors (Lipinski definition) is 0. The lowest BCUT2D eigenvalue weighted by Crippen LogP contribution is -2.40. The van der Waals surface area contributed by atoms with Crippen LogP contribution >= 0.6 is 11.3 Å². The number of fused-ring (bicyclic) bond motifs is 1. The highest BCUT2D eigenvalue weighted by atomic mass is 32.1. The fraction of sp³-hybridized carbons (Fsp3) is 0.161. The Morgan fingerprint density at radius 1 is 1.00 bits per heavy atom. The van der Waals surface area contributed by atoms with Crippen LogP contribution in [-0.4, -0.2) is 30.2 Å². The van der Waals surface area contributed by atoms with E-state index in [4.69, 9.17) is 19.2 Å². The summed E-state index contributed by atoms with van der Waals surface area (Å²) >= 11 is 1.23. The number of carbonyl (C=O) groups is 2. The number of ether oxygens (including phenoxy) is 3. The molecule has 5 rings (SSSR count). The van der Waals surface area contributed by atoms with Gasteiger partial charge in [0, 0.05) is 12.5 Å². The Bertz CT molecular complexity index is 1790. The van der Waals surface area contributed by atoms with Crippen molar-refractivity contribution in [2.75, 3.05) is 13.7 Å². The van der Waals surface area contributed by atoms with Crippen molar-refractivity contribution < 1.29 is 23.8 Å². The summed E-state index contributed by atoms with van der Waals surface area (Å²) < 4.78 is 18.0. The molecular formula is C31H26N2O6S. The summed E-state index contributed by atoms with van der Waals surface area (Å²) in [7, 11) is 1.56. The van der Waals surface area contributed by atoms with Gasteiger partial charge in [-0.25, -0.2) is 9.79 Å². The van der Waals surface area contributed by atoms with E-state index in [1.807, 2.05) is 48.5 Å². The molecule has 3 aromatic carbocycles. The molecule has 2 heterocycles. The molecule has 1 aliphatic heterocycles. The lowest BCUT2D eigenvalue weighted by molar-refractivity contribution is -0.139. The molecule has 0 saturated carbocycles. The van der Waals surface area contributed by atoms with Crippen molar-refractivity contribution in [3.8, 4) is 11.5 Å². The molecule has 202 valence electrons. The number of nitrogens with zero attached hydrogens (tertiary/aromatic N) is 2. The van der Waals surface area contributed by atoms with Crippen LogP contribution in [0.1, 0.15) is 36.6 Å². The zero-order valence-corrected chi connectivity index (χ0v) is 22.9. The van der Waals surface area contributed by atoms with Crippen molar-refractivity contribution >= 4 is 35.0 Å². The Morgan fingerprint density at radius 3 is 2.42 bits per heavy atom. The number of methoxy groups -OCH3 is 1. The molecule has 0 saturated heterocycles. The average Bonchev–Trinajstić information content (AvgIpc) is 3.27. The Labute approximate surface area is 234 Å². The van der Waals surface area contributed by atoms with E-state index in [1.165, 1.54) is 22.8 Å². The minimum Gasteiger partial charge on any atom is -0.497 e. The van der Waals surface area contributed by atoms with Gasteiger partial charge in [-0.15, -0.1) is 0 Å².